The average molecular weight is 195 g/mol. The molecular formula is C8H9N3O3. The summed E-state index contributed by atoms with van der Waals surface area (Å²) >= 11 is 0. The van der Waals surface area contributed by atoms with Crippen LogP contribution in [0.3, 0.4) is 0 Å². The molecule has 0 bridgehead atoms. The summed E-state index contributed by atoms with van der Waals surface area (Å²) in [5, 5.41) is 17.3. The molecule has 0 amide bonds. The summed E-state index contributed by atoms with van der Waals surface area (Å²) in [4.78, 5) is 24.3. The second-order valence-electron chi connectivity index (χ2n) is 2.71. The molecule has 0 saturated carbocycles. The van der Waals surface area contributed by atoms with Crippen LogP contribution in [0.15, 0.2) is 9.59 Å². The Balaban J connectivity index is 3.54. The van der Waals surface area contributed by atoms with Gasteiger partial charge >= 0.3 is 5.69 Å². The summed E-state index contributed by atoms with van der Waals surface area (Å²) in [5.41, 5.74) is -1.13. The van der Waals surface area contributed by atoms with Gasteiger partial charge in [-0.1, -0.05) is 0 Å². The lowest BCUT2D eigenvalue weighted by Gasteiger charge is -2.07. The van der Waals surface area contributed by atoms with Crippen molar-refractivity contribution in [2.24, 2.45) is 0 Å². The quantitative estimate of drug-likeness (QED) is 0.613. The Kier molecular flexibility index (Phi) is 2.84. The monoisotopic (exact) mass is 195 g/mol. The maximum absolute atomic E-state index is 11.2. The predicted octanol–water partition coefficient (Wildman–Crippen LogP) is -1.29. The molecule has 1 aromatic heterocycles. The molecule has 0 saturated heterocycles. The molecular weight excluding hydrogens is 186 g/mol. The number of aromatic nitrogens is 2. The molecule has 6 nitrogen and oxygen atoms in total. The molecule has 0 unspecified atom stereocenters. The van der Waals surface area contributed by atoms with Crippen molar-refractivity contribution in [1.29, 1.82) is 5.26 Å². The first-order chi connectivity index (χ1) is 6.61. The van der Waals surface area contributed by atoms with E-state index in [1.54, 1.807) is 6.07 Å². The molecule has 74 valence electrons. The van der Waals surface area contributed by atoms with Gasteiger partial charge in [-0.2, -0.15) is 5.26 Å². The average Bonchev–Trinajstić information content (AvgIpc) is 2.12. The molecule has 0 spiro atoms. The second kappa shape index (κ2) is 3.89. The van der Waals surface area contributed by atoms with Gasteiger partial charge in [-0.05, 0) is 6.92 Å². The largest absolute Gasteiger partial charge is 0.395 e. The van der Waals surface area contributed by atoms with Crippen molar-refractivity contribution < 1.29 is 5.11 Å². The number of rotatable bonds is 2. The van der Waals surface area contributed by atoms with Gasteiger partial charge in [-0.25, -0.2) is 4.79 Å². The fourth-order valence-corrected chi connectivity index (χ4v) is 1.18. The smallest absolute Gasteiger partial charge is 0.328 e. The van der Waals surface area contributed by atoms with Gasteiger partial charge in [-0.3, -0.25) is 14.3 Å². The number of nitriles is 1. The third-order valence-corrected chi connectivity index (χ3v) is 1.89. The van der Waals surface area contributed by atoms with E-state index in [1.165, 1.54) is 6.92 Å². The summed E-state index contributed by atoms with van der Waals surface area (Å²) in [5.74, 6) is 0. The molecule has 2 N–H and O–H groups in total. The molecule has 0 aromatic carbocycles. The van der Waals surface area contributed by atoms with Crippen molar-refractivity contribution in [3.8, 4) is 6.07 Å². The predicted molar refractivity (Wildman–Crippen MR) is 47.9 cm³/mol. The Morgan fingerprint density at radius 2 is 2.21 bits per heavy atom. The van der Waals surface area contributed by atoms with Crippen molar-refractivity contribution in [2.75, 3.05) is 6.61 Å². The van der Waals surface area contributed by atoms with E-state index in [4.69, 9.17) is 10.4 Å². The Morgan fingerprint density at radius 3 is 2.71 bits per heavy atom. The molecule has 0 atom stereocenters. The van der Waals surface area contributed by atoms with E-state index in [-0.39, 0.29) is 24.4 Å². The van der Waals surface area contributed by atoms with Crippen molar-refractivity contribution in [3.63, 3.8) is 0 Å². The van der Waals surface area contributed by atoms with Crippen LogP contribution in [0.25, 0.3) is 0 Å². The minimum absolute atomic E-state index is 0.0656. The van der Waals surface area contributed by atoms with E-state index in [1.807, 2.05) is 4.98 Å². The maximum Gasteiger partial charge on any atom is 0.328 e. The number of hydrogen-bond acceptors (Lipinski definition) is 4. The van der Waals surface area contributed by atoms with Crippen LogP contribution in [0.5, 0.6) is 0 Å². The number of aliphatic hydroxyl groups is 1. The number of hydrogen-bond donors (Lipinski definition) is 2. The fourth-order valence-electron chi connectivity index (χ4n) is 1.18. The first-order valence-corrected chi connectivity index (χ1v) is 3.96. The maximum atomic E-state index is 11.2. The van der Waals surface area contributed by atoms with E-state index in [0.717, 1.165) is 4.57 Å². The Hall–Kier alpha value is -1.87. The van der Waals surface area contributed by atoms with Crippen LogP contribution in [0.4, 0.5) is 0 Å². The third kappa shape index (κ3) is 1.58. The van der Waals surface area contributed by atoms with Gasteiger partial charge in [0.15, 0.2) is 0 Å². The van der Waals surface area contributed by atoms with Crippen molar-refractivity contribution in [1.82, 2.24) is 9.55 Å². The van der Waals surface area contributed by atoms with Gasteiger partial charge in [0.05, 0.1) is 13.2 Å². The minimum Gasteiger partial charge on any atom is -0.395 e. The number of nitrogens with one attached hydrogen (secondary N) is 1. The van der Waals surface area contributed by atoms with Gasteiger partial charge in [0, 0.05) is 5.69 Å². The summed E-state index contributed by atoms with van der Waals surface area (Å²) in [6.45, 7) is 1.33. The first kappa shape index (κ1) is 10.2. The van der Waals surface area contributed by atoms with E-state index in [0.29, 0.717) is 0 Å². The normalized spacial score (nSPS) is 9.79. The molecule has 1 rings (SSSR count). The summed E-state index contributed by atoms with van der Waals surface area (Å²) < 4.78 is 1.15. The standard InChI is InChI=1S/C8H9N3O3/c1-5-6(4-9)7(13)10-8(14)11(5)2-3-12/h12H,2-3H2,1H3,(H,10,13,14). The highest BCUT2D eigenvalue weighted by Crippen LogP contribution is 1.96. The third-order valence-electron chi connectivity index (χ3n) is 1.89. The van der Waals surface area contributed by atoms with E-state index in [9.17, 15) is 9.59 Å². The fraction of sp³-hybridized carbons (Fsp3) is 0.375. The first-order valence-electron chi connectivity index (χ1n) is 3.96. The lowest BCUT2D eigenvalue weighted by atomic mass is 10.2. The zero-order valence-electron chi connectivity index (χ0n) is 7.57. The van der Waals surface area contributed by atoms with Gasteiger partial charge in [0.25, 0.3) is 5.56 Å². The molecule has 0 aliphatic heterocycles. The SMILES string of the molecule is Cc1c(C#N)c(=O)[nH]c(=O)n1CCO. The Morgan fingerprint density at radius 1 is 1.57 bits per heavy atom. The second-order valence-corrected chi connectivity index (χ2v) is 2.71. The number of aromatic amines is 1. The Labute approximate surface area is 79.1 Å². The van der Waals surface area contributed by atoms with Crippen molar-refractivity contribution in [3.05, 3.63) is 32.1 Å². The number of H-pyrrole nitrogens is 1. The van der Waals surface area contributed by atoms with Crippen LogP contribution in [0.2, 0.25) is 0 Å². The van der Waals surface area contributed by atoms with Gasteiger partial charge in [-0.15, -0.1) is 0 Å². The number of nitrogens with zero attached hydrogens (tertiary/aromatic N) is 2. The molecule has 0 radical (unpaired) electrons. The van der Waals surface area contributed by atoms with Crippen molar-refractivity contribution in [2.45, 2.75) is 13.5 Å². The van der Waals surface area contributed by atoms with Gasteiger partial charge in [0.2, 0.25) is 0 Å². The van der Waals surface area contributed by atoms with Crippen molar-refractivity contribution >= 4 is 0 Å². The molecule has 1 heterocycles. The molecule has 0 aliphatic carbocycles. The van der Waals surface area contributed by atoms with E-state index < -0.39 is 11.2 Å². The molecule has 6 heteroatoms. The molecule has 0 aliphatic rings. The van der Waals surface area contributed by atoms with Crippen LogP contribution in [-0.4, -0.2) is 21.3 Å². The van der Waals surface area contributed by atoms with Gasteiger partial charge < -0.3 is 5.11 Å². The van der Waals surface area contributed by atoms with E-state index in [2.05, 4.69) is 0 Å². The topological polar surface area (TPSA) is 98.9 Å². The highest BCUT2D eigenvalue weighted by Gasteiger charge is 2.09. The number of aliphatic hydroxyl groups excluding tert-OH is 1. The van der Waals surface area contributed by atoms with Crippen LogP contribution < -0.4 is 11.2 Å². The van der Waals surface area contributed by atoms with Crippen LogP contribution in [0.1, 0.15) is 11.3 Å². The highest BCUT2D eigenvalue weighted by atomic mass is 16.3. The zero-order valence-corrected chi connectivity index (χ0v) is 7.57. The van der Waals surface area contributed by atoms with E-state index >= 15 is 0 Å². The molecule has 1 aromatic rings. The van der Waals surface area contributed by atoms with Crippen LogP contribution in [0, 0.1) is 18.3 Å². The summed E-state index contributed by atoms with van der Waals surface area (Å²) in [6.07, 6.45) is 0. The summed E-state index contributed by atoms with van der Waals surface area (Å²) in [7, 11) is 0. The Bertz CT molecular complexity index is 492. The minimum atomic E-state index is -0.691. The summed E-state index contributed by atoms with van der Waals surface area (Å²) in [6, 6.07) is 1.70. The molecule has 0 fully saturated rings. The lowest BCUT2D eigenvalue weighted by Crippen LogP contribution is -2.34. The highest BCUT2D eigenvalue weighted by molar-refractivity contribution is 5.29. The zero-order chi connectivity index (χ0) is 10.7. The van der Waals surface area contributed by atoms with Crippen LogP contribution >= 0.6 is 0 Å². The van der Waals surface area contributed by atoms with Crippen LogP contribution in [-0.2, 0) is 6.54 Å². The lowest BCUT2D eigenvalue weighted by molar-refractivity contribution is 0.271. The molecule has 14 heavy (non-hydrogen) atoms. The van der Waals surface area contributed by atoms with Gasteiger partial charge in [0.1, 0.15) is 11.6 Å².